The van der Waals surface area contributed by atoms with Crippen LogP contribution < -0.4 is 5.32 Å². The van der Waals surface area contributed by atoms with Gasteiger partial charge in [-0.3, -0.25) is 14.9 Å². The van der Waals surface area contributed by atoms with Gasteiger partial charge in [0, 0.05) is 12.6 Å². The summed E-state index contributed by atoms with van der Waals surface area (Å²) in [5.74, 6) is 0.325. The Hall–Kier alpha value is -2.65. The summed E-state index contributed by atoms with van der Waals surface area (Å²) in [6.45, 7) is 1.87. The number of fused-ring (bicyclic) bond motifs is 1. The van der Waals surface area contributed by atoms with Crippen LogP contribution in [0.4, 0.5) is 5.95 Å². The zero-order valence-electron chi connectivity index (χ0n) is 15.1. The molecule has 2 heterocycles. The molecule has 1 atom stereocenters. The Morgan fingerprint density at radius 3 is 2.82 bits per heavy atom. The SMILES string of the molecule is Cc1nnc(SCC(=O)Nc2ncc3c(n2)C[C@H](c2ccccc2)CC3=O)s1. The summed E-state index contributed by atoms with van der Waals surface area (Å²) >= 11 is 2.76. The maximum atomic E-state index is 12.5. The van der Waals surface area contributed by atoms with E-state index >= 15 is 0 Å². The highest BCUT2D eigenvalue weighted by Crippen LogP contribution is 2.31. The Balaban J connectivity index is 1.44. The van der Waals surface area contributed by atoms with Crippen LogP contribution in [0.1, 0.15) is 39.0 Å². The number of anilines is 1. The Morgan fingerprint density at radius 1 is 1.25 bits per heavy atom. The molecule has 1 aliphatic carbocycles. The maximum absolute atomic E-state index is 12.5. The van der Waals surface area contributed by atoms with Gasteiger partial charge in [-0.15, -0.1) is 10.2 Å². The summed E-state index contributed by atoms with van der Waals surface area (Å²) < 4.78 is 0.746. The van der Waals surface area contributed by atoms with Gasteiger partial charge < -0.3 is 0 Å². The summed E-state index contributed by atoms with van der Waals surface area (Å²) in [5.41, 5.74) is 2.35. The minimum atomic E-state index is -0.223. The third kappa shape index (κ3) is 4.26. The molecule has 0 unspecified atom stereocenters. The number of thioether (sulfide) groups is 1. The van der Waals surface area contributed by atoms with Gasteiger partial charge in [0.2, 0.25) is 11.9 Å². The summed E-state index contributed by atoms with van der Waals surface area (Å²) in [7, 11) is 0. The number of hydrogen-bond acceptors (Lipinski definition) is 8. The molecule has 28 heavy (non-hydrogen) atoms. The van der Waals surface area contributed by atoms with Crippen LogP contribution in [-0.2, 0) is 11.2 Å². The van der Waals surface area contributed by atoms with E-state index in [4.69, 9.17) is 0 Å². The first-order valence-electron chi connectivity index (χ1n) is 8.75. The molecule has 1 N–H and O–H groups in total. The van der Waals surface area contributed by atoms with E-state index in [2.05, 4.69) is 25.5 Å². The molecule has 1 aromatic carbocycles. The molecule has 4 rings (SSSR count). The Bertz CT molecular complexity index is 1020. The van der Waals surface area contributed by atoms with E-state index in [0.29, 0.717) is 24.1 Å². The number of hydrogen-bond donors (Lipinski definition) is 1. The summed E-state index contributed by atoms with van der Waals surface area (Å²) in [6, 6.07) is 9.95. The van der Waals surface area contributed by atoms with E-state index in [1.165, 1.54) is 29.3 Å². The summed E-state index contributed by atoms with van der Waals surface area (Å²) in [6.07, 6.45) is 2.61. The van der Waals surface area contributed by atoms with Crippen molar-refractivity contribution >= 4 is 40.7 Å². The van der Waals surface area contributed by atoms with Crippen LogP contribution in [0, 0.1) is 6.92 Å². The van der Waals surface area contributed by atoms with Crippen molar-refractivity contribution in [1.29, 1.82) is 0 Å². The number of benzene rings is 1. The van der Waals surface area contributed by atoms with Crippen LogP contribution in [0.5, 0.6) is 0 Å². The number of amides is 1. The van der Waals surface area contributed by atoms with E-state index in [0.717, 1.165) is 14.9 Å². The highest BCUT2D eigenvalue weighted by atomic mass is 32.2. The molecule has 0 saturated carbocycles. The second-order valence-electron chi connectivity index (χ2n) is 6.42. The third-order valence-electron chi connectivity index (χ3n) is 4.40. The highest BCUT2D eigenvalue weighted by molar-refractivity contribution is 8.01. The summed E-state index contributed by atoms with van der Waals surface area (Å²) in [5, 5.41) is 11.5. The number of nitrogens with zero attached hydrogens (tertiary/aromatic N) is 4. The molecular formula is C19H17N5O2S2. The van der Waals surface area contributed by atoms with Crippen molar-refractivity contribution in [2.75, 3.05) is 11.1 Å². The highest BCUT2D eigenvalue weighted by Gasteiger charge is 2.28. The smallest absolute Gasteiger partial charge is 0.237 e. The Morgan fingerprint density at radius 2 is 2.07 bits per heavy atom. The van der Waals surface area contributed by atoms with Crippen molar-refractivity contribution in [3.8, 4) is 0 Å². The van der Waals surface area contributed by atoms with E-state index in [1.54, 1.807) is 0 Å². The largest absolute Gasteiger partial charge is 0.294 e. The number of carbonyl (C=O) groups is 2. The van der Waals surface area contributed by atoms with Crippen LogP contribution in [0.25, 0.3) is 0 Å². The van der Waals surface area contributed by atoms with Crippen LogP contribution >= 0.6 is 23.1 Å². The van der Waals surface area contributed by atoms with Gasteiger partial charge in [0.15, 0.2) is 10.1 Å². The minimum Gasteiger partial charge on any atom is -0.294 e. The van der Waals surface area contributed by atoms with Crippen molar-refractivity contribution < 1.29 is 9.59 Å². The fourth-order valence-electron chi connectivity index (χ4n) is 3.09. The molecule has 0 saturated heterocycles. The fraction of sp³-hybridized carbons (Fsp3) is 0.263. The minimum absolute atomic E-state index is 0.0372. The maximum Gasteiger partial charge on any atom is 0.237 e. The number of carbonyl (C=O) groups excluding carboxylic acids is 2. The molecule has 0 bridgehead atoms. The molecule has 2 aromatic heterocycles. The Labute approximate surface area is 170 Å². The predicted octanol–water partition coefficient (Wildman–Crippen LogP) is 3.28. The second kappa shape index (κ2) is 8.15. The average molecular weight is 412 g/mol. The van der Waals surface area contributed by atoms with Gasteiger partial charge in [-0.25, -0.2) is 9.97 Å². The molecule has 1 aliphatic rings. The predicted molar refractivity (Wildman–Crippen MR) is 108 cm³/mol. The zero-order valence-corrected chi connectivity index (χ0v) is 16.7. The normalized spacial score (nSPS) is 15.9. The Kier molecular flexibility index (Phi) is 5.45. The number of nitrogens with one attached hydrogen (secondary N) is 1. The topological polar surface area (TPSA) is 97.7 Å². The van der Waals surface area contributed by atoms with Gasteiger partial charge >= 0.3 is 0 Å². The lowest BCUT2D eigenvalue weighted by molar-refractivity contribution is -0.113. The van der Waals surface area contributed by atoms with Gasteiger partial charge in [0.25, 0.3) is 0 Å². The molecule has 1 amide bonds. The van der Waals surface area contributed by atoms with Crippen LogP contribution in [0.3, 0.4) is 0 Å². The van der Waals surface area contributed by atoms with Crippen molar-refractivity contribution in [2.45, 2.75) is 30.0 Å². The van der Waals surface area contributed by atoms with Crippen molar-refractivity contribution in [1.82, 2.24) is 20.2 Å². The van der Waals surface area contributed by atoms with Crippen LogP contribution in [-0.4, -0.2) is 37.6 Å². The van der Waals surface area contributed by atoms with E-state index in [-0.39, 0.29) is 29.3 Å². The lowest BCUT2D eigenvalue weighted by Crippen LogP contribution is -2.23. The molecule has 142 valence electrons. The van der Waals surface area contributed by atoms with Gasteiger partial charge in [-0.1, -0.05) is 53.4 Å². The molecule has 0 aliphatic heterocycles. The van der Waals surface area contributed by atoms with Crippen molar-refractivity contribution in [2.24, 2.45) is 0 Å². The fourth-order valence-corrected chi connectivity index (χ4v) is 4.71. The monoisotopic (exact) mass is 411 g/mol. The lowest BCUT2D eigenvalue weighted by atomic mass is 9.82. The molecule has 9 heteroatoms. The number of rotatable bonds is 5. The van der Waals surface area contributed by atoms with Gasteiger partial charge in [0.1, 0.15) is 5.01 Å². The van der Waals surface area contributed by atoms with Crippen LogP contribution in [0.2, 0.25) is 0 Å². The molecule has 7 nitrogen and oxygen atoms in total. The number of ketones is 1. The zero-order chi connectivity index (χ0) is 19.5. The first-order valence-corrected chi connectivity index (χ1v) is 10.6. The van der Waals surface area contributed by atoms with E-state index < -0.39 is 0 Å². The van der Waals surface area contributed by atoms with Gasteiger partial charge in [-0.05, 0) is 24.8 Å². The van der Waals surface area contributed by atoms with Gasteiger partial charge in [0.05, 0.1) is 17.0 Å². The van der Waals surface area contributed by atoms with Crippen molar-refractivity contribution in [3.63, 3.8) is 0 Å². The quantitative estimate of drug-likeness (QED) is 0.643. The molecule has 0 radical (unpaired) electrons. The molecule has 0 fully saturated rings. The second-order valence-corrected chi connectivity index (χ2v) is 8.82. The van der Waals surface area contributed by atoms with Crippen molar-refractivity contribution in [3.05, 3.63) is 58.4 Å². The van der Waals surface area contributed by atoms with Crippen LogP contribution in [0.15, 0.2) is 40.9 Å². The molecule has 0 spiro atoms. The standard InChI is InChI=1S/C19H17N5O2S2/c1-11-23-24-19(28-11)27-10-17(26)22-18-20-9-14-15(21-18)7-13(8-16(14)25)12-5-3-2-4-6-12/h2-6,9,13H,7-8,10H2,1H3,(H,20,21,22,26)/t13-/m0/s1. The average Bonchev–Trinajstić information content (AvgIpc) is 3.12. The first-order chi connectivity index (χ1) is 13.6. The first kappa shape index (κ1) is 18.7. The molecule has 3 aromatic rings. The van der Waals surface area contributed by atoms with E-state index in [1.807, 2.05) is 37.3 Å². The summed E-state index contributed by atoms with van der Waals surface area (Å²) in [4.78, 5) is 33.3. The number of Topliss-reactive ketones (excluding diaryl/α,β-unsaturated/α-hetero) is 1. The lowest BCUT2D eigenvalue weighted by Gasteiger charge is -2.23. The third-order valence-corrected chi connectivity index (χ3v) is 6.37. The van der Waals surface area contributed by atoms with E-state index in [9.17, 15) is 9.59 Å². The number of aryl methyl sites for hydroxylation is 1. The molecular weight excluding hydrogens is 394 g/mol. The number of aromatic nitrogens is 4. The van der Waals surface area contributed by atoms with Gasteiger partial charge in [-0.2, -0.15) is 0 Å².